The zero-order chi connectivity index (χ0) is 13.8. The molecule has 2 rings (SSSR count). The lowest BCUT2D eigenvalue weighted by molar-refractivity contribution is 0.899. The largest absolute Gasteiger partial charge is 0.330 e. The average molecular weight is 275 g/mol. The summed E-state index contributed by atoms with van der Waals surface area (Å²) in [6, 6.07) is 7.71. The maximum absolute atomic E-state index is 11.4. The lowest BCUT2D eigenvalue weighted by atomic mass is 10.1. The number of aromatic nitrogens is 2. The summed E-state index contributed by atoms with van der Waals surface area (Å²) < 4.78 is 0. The molecule has 3 N–H and O–H groups in total. The van der Waals surface area contributed by atoms with E-state index in [0.717, 1.165) is 17.0 Å². The van der Waals surface area contributed by atoms with Gasteiger partial charge in [0, 0.05) is 16.7 Å². The standard InChI is InChI=1S/C14H17N3OS/c1-9-3-4-12(11(7-9)5-6-15)19-14-16-10(2)8-13(18)17-14/h3-4,7-8H,5-6,15H2,1-2H3,(H,16,17,18). The van der Waals surface area contributed by atoms with Crippen molar-refractivity contribution in [3.8, 4) is 0 Å². The Kier molecular flexibility index (Phi) is 4.39. The Labute approximate surface area is 116 Å². The first-order chi connectivity index (χ1) is 9.08. The third-order valence-electron chi connectivity index (χ3n) is 2.68. The van der Waals surface area contributed by atoms with Crippen LogP contribution in [0.3, 0.4) is 0 Å². The second-order valence-electron chi connectivity index (χ2n) is 4.44. The third-order valence-corrected chi connectivity index (χ3v) is 3.69. The van der Waals surface area contributed by atoms with E-state index in [1.165, 1.54) is 29.0 Å². The van der Waals surface area contributed by atoms with E-state index in [1.54, 1.807) is 0 Å². The van der Waals surface area contributed by atoms with Crippen molar-refractivity contribution in [1.29, 1.82) is 0 Å². The summed E-state index contributed by atoms with van der Waals surface area (Å²) in [6.07, 6.45) is 0.820. The van der Waals surface area contributed by atoms with Crippen LogP contribution < -0.4 is 11.3 Å². The summed E-state index contributed by atoms with van der Waals surface area (Å²) in [7, 11) is 0. The van der Waals surface area contributed by atoms with Gasteiger partial charge in [0.05, 0.1) is 0 Å². The monoisotopic (exact) mass is 275 g/mol. The van der Waals surface area contributed by atoms with Gasteiger partial charge in [-0.2, -0.15) is 0 Å². The normalized spacial score (nSPS) is 10.7. The summed E-state index contributed by atoms with van der Waals surface area (Å²) in [5.41, 5.74) is 8.64. The van der Waals surface area contributed by atoms with Crippen LogP contribution in [0, 0.1) is 13.8 Å². The highest BCUT2D eigenvalue weighted by molar-refractivity contribution is 7.99. The molecule has 1 heterocycles. The molecule has 1 aromatic carbocycles. The molecule has 0 saturated carbocycles. The van der Waals surface area contributed by atoms with Crippen LogP contribution in [-0.2, 0) is 6.42 Å². The molecule has 0 aliphatic carbocycles. The van der Waals surface area contributed by atoms with Gasteiger partial charge in [-0.3, -0.25) is 4.79 Å². The number of rotatable bonds is 4. The molecule has 0 bridgehead atoms. The molecule has 0 unspecified atom stereocenters. The zero-order valence-corrected chi connectivity index (χ0v) is 11.9. The Morgan fingerprint density at radius 1 is 1.32 bits per heavy atom. The minimum Gasteiger partial charge on any atom is -0.330 e. The van der Waals surface area contributed by atoms with Crippen molar-refractivity contribution < 1.29 is 0 Å². The minimum absolute atomic E-state index is 0.123. The molecule has 5 heteroatoms. The first-order valence-corrected chi connectivity index (χ1v) is 6.95. The maximum Gasteiger partial charge on any atom is 0.251 e. The Morgan fingerprint density at radius 3 is 2.79 bits per heavy atom. The van der Waals surface area contributed by atoms with Gasteiger partial charge in [-0.25, -0.2) is 4.98 Å². The number of hydrogen-bond donors (Lipinski definition) is 2. The fraction of sp³-hybridized carbons (Fsp3) is 0.286. The molecule has 0 spiro atoms. The molecule has 1 aromatic heterocycles. The van der Waals surface area contributed by atoms with E-state index in [4.69, 9.17) is 5.73 Å². The van der Waals surface area contributed by atoms with Gasteiger partial charge in [0.1, 0.15) is 0 Å². The van der Waals surface area contributed by atoms with Crippen molar-refractivity contribution in [2.24, 2.45) is 5.73 Å². The summed E-state index contributed by atoms with van der Waals surface area (Å²) in [5.74, 6) is 0. The van der Waals surface area contributed by atoms with E-state index in [9.17, 15) is 4.79 Å². The molecule has 0 aliphatic heterocycles. The first-order valence-electron chi connectivity index (χ1n) is 6.14. The lowest BCUT2D eigenvalue weighted by Gasteiger charge is -2.09. The summed E-state index contributed by atoms with van der Waals surface area (Å²) >= 11 is 1.47. The van der Waals surface area contributed by atoms with Gasteiger partial charge in [-0.1, -0.05) is 29.5 Å². The second-order valence-corrected chi connectivity index (χ2v) is 5.47. The molecular weight excluding hydrogens is 258 g/mol. The van der Waals surface area contributed by atoms with Gasteiger partial charge in [0.25, 0.3) is 5.56 Å². The fourth-order valence-corrected chi connectivity index (χ4v) is 2.84. The molecule has 0 radical (unpaired) electrons. The van der Waals surface area contributed by atoms with Gasteiger partial charge in [0.15, 0.2) is 5.16 Å². The van der Waals surface area contributed by atoms with E-state index in [-0.39, 0.29) is 5.56 Å². The van der Waals surface area contributed by atoms with Crippen molar-refractivity contribution in [3.05, 3.63) is 51.4 Å². The van der Waals surface area contributed by atoms with Gasteiger partial charge in [-0.15, -0.1) is 0 Å². The molecule has 2 aromatic rings. The second kappa shape index (κ2) is 6.04. The van der Waals surface area contributed by atoms with E-state index in [1.807, 2.05) is 13.0 Å². The van der Waals surface area contributed by atoms with Crippen molar-refractivity contribution in [2.45, 2.75) is 30.3 Å². The predicted octanol–water partition coefficient (Wildman–Crippen LogP) is 2.04. The van der Waals surface area contributed by atoms with Crippen LogP contribution >= 0.6 is 11.8 Å². The number of hydrogen-bond acceptors (Lipinski definition) is 4. The van der Waals surface area contributed by atoms with Crippen LogP contribution in [0.15, 0.2) is 39.1 Å². The van der Waals surface area contributed by atoms with E-state index in [0.29, 0.717) is 11.7 Å². The third kappa shape index (κ3) is 3.68. The predicted molar refractivity (Wildman–Crippen MR) is 77.7 cm³/mol. The number of nitrogens with one attached hydrogen (secondary N) is 1. The van der Waals surface area contributed by atoms with Crippen molar-refractivity contribution >= 4 is 11.8 Å². The van der Waals surface area contributed by atoms with Crippen LogP contribution in [0.25, 0.3) is 0 Å². The quantitative estimate of drug-likeness (QED) is 0.838. The SMILES string of the molecule is Cc1ccc(Sc2nc(C)cc(=O)[nH]2)c(CCN)c1. The minimum atomic E-state index is -0.123. The van der Waals surface area contributed by atoms with Crippen molar-refractivity contribution in [1.82, 2.24) is 9.97 Å². The topological polar surface area (TPSA) is 71.8 Å². The molecule has 0 atom stereocenters. The van der Waals surface area contributed by atoms with Crippen LogP contribution in [-0.4, -0.2) is 16.5 Å². The number of nitrogens with two attached hydrogens (primary N) is 1. The molecule has 100 valence electrons. The smallest absolute Gasteiger partial charge is 0.251 e. The summed E-state index contributed by atoms with van der Waals surface area (Å²) in [5, 5.41) is 0.618. The number of nitrogens with zero attached hydrogens (tertiary/aromatic N) is 1. The van der Waals surface area contributed by atoms with Crippen LogP contribution in [0.2, 0.25) is 0 Å². The highest BCUT2D eigenvalue weighted by Gasteiger charge is 2.07. The van der Waals surface area contributed by atoms with Gasteiger partial charge in [0.2, 0.25) is 0 Å². The lowest BCUT2D eigenvalue weighted by Crippen LogP contribution is -2.08. The number of H-pyrrole nitrogens is 1. The molecule has 0 saturated heterocycles. The molecule has 0 aliphatic rings. The fourth-order valence-electron chi connectivity index (χ4n) is 1.86. The Bertz CT molecular complexity index is 637. The van der Waals surface area contributed by atoms with E-state index < -0.39 is 0 Å². The van der Waals surface area contributed by atoms with Crippen molar-refractivity contribution in [3.63, 3.8) is 0 Å². The molecule has 0 amide bonds. The van der Waals surface area contributed by atoms with Crippen LogP contribution in [0.5, 0.6) is 0 Å². The molecule has 0 fully saturated rings. The van der Waals surface area contributed by atoms with Gasteiger partial charge < -0.3 is 10.7 Å². The van der Waals surface area contributed by atoms with E-state index in [2.05, 4.69) is 29.0 Å². The summed E-state index contributed by atoms with van der Waals surface area (Å²) in [6.45, 7) is 4.48. The highest BCUT2D eigenvalue weighted by Crippen LogP contribution is 2.28. The zero-order valence-electron chi connectivity index (χ0n) is 11.1. The first kappa shape index (κ1) is 13.8. The highest BCUT2D eigenvalue weighted by atomic mass is 32.2. The van der Waals surface area contributed by atoms with Gasteiger partial charge in [-0.05, 0) is 38.4 Å². The van der Waals surface area contributed by atoms with E-state index >= 15 is 0 Å². The molecule has 19 heavy (non-hydrogen) atoms. The maximum atomic E-state index is 11.4. The van der Waals surface area contributed by atoms with Crippen LogP contribution in [0.4, 0.5) is 0 Å². The number of benzene rings is 1. The average Bonchev–Trinajstić information content (AvgIpc) is 2.32. The molecule has 4 nitrogen and oxygen atoms in total. The van der Waals surface area contributed by atoms with Crippen LogP contribution in [0.1, 0.15) is 16.8 Å². The Hall–Kier alpha value is -1.59. The molecular formula is C14H17N3OS. The summed E-state index contributed by atoms with van der Waals surface area (Å²) in [4.78, 5) is 19.6. The number of aromatic amines is 1. The Balaban J connectivity index is 2.34. The van der Waals surface area contributed by atoms with Gasteiger partial charge >= 0.3 is 0 Å². The number of aryl methyl sites for hydroxylation is 2. The Morgan fingerprint density at radius 2 is 2.11 bits per heavy atom. The van der Waals surface area contributed by atoms with Crippen molar-refractivity contribution in [2.75, 3.05) is 6.54 Å².